The van der Waals surface area contributed by atoms with E-state index >= 15 is 0 Å². The van der Waals surface area contributed by atoms with Gasteiger partial charge in [0.15, 0.2) is 5.65 Å². The largest absolute Gasteiger partial charge is 0.373 e. The van der Waals surface area contributed by atoms with Gasteiger partial charge in [-0.15, -0.1) is 24.8 Å². The molecule has 0 radical (unpaired) electrons. The van der Waals surface area contributed by atoms with Crippen LogP contribution in [0.15, 0.2) is 6.33 Å². The van der Waals surface area contributed by atoms with Crippen LogP contribution in [0.4, 0.5) is 5.82 Å². The molecule has 0 aromatic carbocycles. The average molecular weight is 459 g/mol. The maximum atomic E-state index is 6.10. The third-order valence-electron chi connectivity index (χ3n) is 6.12. The first-order valence-electron chi connectivity index (χ1n) is 10.9. The zero-order valence-corrected chi connectivity index (χ0v) is 20.0. The number of piperidine rings is 1. The molecule has 2 N–H and O–H groups in total. The van der Waals surface area contributed by atoms with Gasteiger partial charge in [-0.3, -0.25) is 0 Å². The zero-order valence-electron chi connectivity index (χ0n) is 18.3. The number of rotatable bonds is 6. The summed E-state index contributed by atoms with van der Waals surface area (Å²) in [5.41, 5.74) is 8.19. The summed E-state index contributed by atoms with van der Waals surface area (Å²) in [6.07, 6.45) is 7.91. The molecule has 1 atom stereocenters. The average Bonchev–Trinajstić information content (AvgIpc) is 3.21. The number of nitrogens with two attached hydrogens (primary N) is 1. The predicted octanol–water partition coefficient (Wildman–Crippen LogP) is 3.76. The lowest BCUT2D eigenvalue weighted by Gasteiger charge is -2.39. The summed E-state index contributed by atoms with van der Waals surface area (Å²) in [6.45, 7) is 10.2. The smallest absolute Gasteiger partial charge is 0.163 e. The highest BCUT2D eigenvalue weighted by Crippen LogP contribution is 2.38. The monoisotopic (exact) mass is 458 g/mol. The predicted molar refractivity (Wildman–Crippen MR) is 126 cm³/mol. The number of ether oxygens (including phenoxy) is 1. The lowest BCUT2D eigenvalue weighted by molar-refractivity contribution is -0.0148. The van der Waals surface area contributed by atoms with Gasteiger partial charge in [0.1, 0.15) is 12.1 Å². The van der Waals surface area contributed by atoms with Gasteiger partial charge in [-0.1, -0.05) is 27.2 Å². The van der Waals surface area contributed by atoms with Crippen molar-refractivity contribution in [3.05, 3.63) is 12.0 Å². The van der Waals surface area contributed by atoms with Crippen LogP contribution >= 0.6 is 24.8 Å². The van der Waals surface area contributed by atoms with Crippen LogP contribution < -0.4 is 10.6 Å². The fraction of sp³-hybridized carbons (Fsp3) is 0.762. The third-order valence-corrected chi connectivity index (χ3v) is 6.12. The van der Waals surface area contributed by atoms with Gasteiger partial charge in [-0.25, -0.2) is 14.6 Å². The normalized spacial score (nSPS) is 20.6. The Morgan fingerprint density at radius 3 is 2.57 bits per heavy atom. The van der Waals surface area contributed by atoms with Crippen LogP contribution in [0.3, 0.4) is 0 Å². The maximum Gasteiger partial charge on any atom is 0.163 e. The molecule has 2 aliphatic rings. The molecule has 2 saturated heterocycles. The second-order valence-electron chi connectivity index (χ2n) is 8.96. The molecular weight excluding hydrogens is 423 g/mol. The van der Waals surface area contributed by atoms with Crippen molar-refractivity contribution in [2.75, 3.05) is 24.6 Å². The summed E-state index contributed by atoms with van der Waals surface area (Å²) in [4.78, 5) is 11.7. The van der Waals surface area contributed by atoms with Gasteiger partial charge in [0.2, 0.25) is 0 Å². The molecule has 2 aliphatic heterocycles. The van der Waals surface area contributed by atoms with E-state index in [-0.39, 0.29) is 36.5 Å². The van der Waals surface area contributed by atoms with Crippen molar-refractivity contribution in [1.29, 1.82) is 0 Å². The standard InChI is InChI=1S/C21H34N6O.2ClH/c1-4-5-8-27-20-18(17(25-27)11-15(2)3)19(23-14-24-20)26-9-6-21(7-10-26)12-16(22)13-28-21;;/h14-16H,4-13,22H2,1-3H3;2*1H. The molecule has 0 bridgehead atoms. The van der Waals surface area contributed by atoms with Crippen molar-refractivity contribution in [2.45, 2.75) is 77.5 Å². The molecule has 1 spiro atoms. The van der Waals surface area contributed by atoms with Crippen molar-refractivity contribution < 1.29 is 4.74 Å². The van der Waals surface area contributed by atoms with Crippen molar-refractivity contribution in [3.8, 4) is 0 Å². The molecule has 4 rings (SSSR count). The highest BCUT2D eigenvalue weighted by Gasteiger charge is 2.42. The van der Waals surface area contributed by atoms with E-state index < -0.39 is 0 Å². The Morgan fingerprint density at radius 1 is 1.23 bits per heavy atom. The quantitative estimate of drug-likeness (QED) is 0.709. The minimum atomic E-state index is -0.0197. The van der Waals surface area contributed by atoms with E-state index in [9.17, 15) is 0 Å². The first-order valence-corrected chi connectivity index (χ1v) is 10.9. The topological polar surface area (TPSA) is 82.1 Å². The Balaban J connectivity index is 0.00000160. The zero-order chi connectivity index (χ0) is 19.7. The molecule has 9 heteroatoms. The minimum absolute atomic E-state index is 0. The van der Waals surface area contributed by atoms with E-state index in [4.69, 9.17) is 20.6 Å². The van der Waals surface area contributed by atoms with Gasteiger partial charge in [-0.05, 0) is 38.0 Å². The molecule has 1 unspecified atom stereocenters. The van der Waals surface area contributed by atoms with E-state index in [1.165, 1.54) is 0 Å². The van der Waals surface area contributed by atoms with Crippen LogP contribution in [0.1, 0.15) is 58.6 Å². The highest BCUT2D eigenvalue weighted by molar-refractivity contribution is 5.90. The van der Waals surface area contributed by atoms with E-state index in [1.54, 1.807) is 6.33 Å². The van der Waals surface area contributed by atoms with Crippen LogP contribution in [0.5, 0.6) is 0 Å². The van der Waals surface area contributed by atoms with E-state index in [2.05, 4.69) is 35.3 Å². The summed E-state index contributed by atoms with van der Waals surface area (Å²) in [7, 11) is 0. The van der Waals surface area contributed by atoms with Crippen LogP contribution in [0.2, 0.25) is 0 Å². The van der Waals surface area contributed by atoms with E-state index in [0.29, 0.717) is 12.5 Å². The van der Waals surface area contributed by atoms with Crippen LogP contribution in [-0.2, 0) is 17.7 Å². The molecule has 0 aliphatic carbocycles. The lowest BCUT2D eigenvalue weighted by Crippen LogP contribution is -2.45. The molecule has 0 saturated carbocycles. The first-order chi connectivity index (χ1) is 13.5. The van der Waals surface area contributed by atoms with Crippen LogP contribution in [0, 0.1) is 5.92 Å². The number of halogens is 2. The molecule has 2 aromatic rings. The SMILES string of the molecule is CCCCn1nc(CC(C)C)c2c(N3CCC4(CC3)CC(N)CO4)ncnc21.Cl.Cl. The van der Waals surface area contributed by atoms with E-state index in [0.717, 1.165) is 80.7 Å². The van der Waals surface area contributed by atoms with Crippen LogP contribution in [-0.4, -0.2) is 51.1 Å². The molecule has 2 aromatic heterocycles. The Hall–Kier alpha value is -1.15. The Kier molecular flexibility index (Phi) is 8.74. The summed E-state index contributed by atoms with van der Waals surface area (Å²) in [6, 6.07) is 0.187. The van der Waals surface area contributed by atoms with Gasteiger partial charge in [0, 0.05) is 25.7 Å². The van der Waals surface area contributed by atoms with Gasteiger partial charge >= 0.3 is 0 Å². The molecule has 0 amide bonds. The Labute approximate surface area is 192 Å². The number of nitrogens with zero attached hydrogens (tertiary/aromatic N) is 5. The van der Waals surface area contributed by atoms with Crippen LogP contribution in [0.25, 0.3) is 11.0 Å². The molecule has 170 valence electrons. The molecule has 2 fully saturated rings. The number of unbranched alkanes of at least 4 members (excludes halogenated alkanes) is 1. The molecular formula is C21H36Cl2N6O. The number of aromatic nitrogens is 4. The first kappa shape index (κ1) is 25.1. The number of hydrogen-bond acceptors (Lipinski definition) is 6. The minimum Gasteiger partial charge on any atom is -0.373 e. The molecule has 7 nitrogen and oxygen atoms in total. The van der Waals surface area contributed by atoms with Gasteiger partial charge in [0.25, 0.3) is 0 Å². The van der Waals surface area contributed by atoms with Gasteiger partial charge in [0.05, 0.1) is 23.3 Å². The number of aryl methyl sites for hydroxylation is 1. The number of hydrogen-bond donors (Lipinski definition) is 1. The summed E-state index contributed by atoms with van der Waals surface area (Å²) >= 11 is 0. The molecule has 30 heavy (non-hydrogen) atoms. The maximum absolute atomic E-state index is 6.10. The lowest BCUT2D eigenvalue weighted by atomic mass is 9.87. The fourth-order valence-electron chi connectivity index (χ4n) is 4.65. The van der Waals surface area contributed by atoms with Crippen molar-refractivity contribution in [1.82, 2.24) is 19.7 Å². The second-order valence-corrected chi connectivity index (χ2v) is 8.96. The summed E-state index contributed by atoms with van der Waals surface area (Å²) in [5.74, 6) is 1.59. The third kappa shape index (κ3) is 5.01. The van der Waals surface area contributed by atoms with Crippen molar-refractivity contribution in [3.63, 3.8) is 0 Å². The second kappa shape index (κ2) is 10.4. The Morgan fingerprint density at radius 2 is 1.97 bits per heavy atom. The summed E-state index contributed by atoms with van der Waals surface area (Å²) < 4.78 is 8.18. The number of fused-ring (bicyclic) bond motifs is 1. The van der Waals surface area contributed by atoms with Gasteiger partial charge < -0.3 is 15.4 Å². The fourth-order valence-corrected chi connectivity index (χ4v) is 4.65. The van der Waals surface area contributed by atoms with Gasteiger partial charge in [-0.2, -0.15) is 5.10 Å². The highest BCUT2D eigenvalue weighted by atomic mass is 35.5. The van der Waals surface area contributed by atoms with E-state index in [1.807, 2.05) is 0 Å². The summed E-state index contributed by atoms with van der Waals surface area (Å²) in [5, 5.41) is 6.10. The Bertz CT molecular complexity index is 819. The molecule has 4 heterocycles. The number of anilines is 1. The van der Waals surface area contributed by atoms with Crippen molar-refractivity contribution >= 4 is 41.7 Å². The van der Waals surface area contributed by atoms with Crippen molar-refractivity contribution in [2.24, 2.45) is 11.7 Å².